The monoisotopic (exact) mass is 529 g/mol. The van der Waals surface area contributed by atoms with Crippen molar-refractivity contribution in [1.82, 2.24) is 4.72 Å². The maximum Gasteiger partial charge on any atom is 0.246 e. The molecule has 172 valence electrons. The second-order valence-corrected chi connectivity index (χ2v) is 10.2. The Kier molecular flexibility index (Phi) is 6.93. The van der Waals surface area contributed by atoms with Gasteiger partial charge in [-0.1, -0.05) is 53.0 Å². The van der Waals surface area contributed by atoms with Crippen molar-refractivity contribution in [1.29, 1.82) is 0 Å². The lowest BCUT2D eigenvalue weighted by atomic mass is 10.0. The van der Waals surface area contributed by atoms with Crippen LogP contribution in [0.3, 0.4) is 0 Å². The highest BCUT2D eigenvalue weighted by Gasteiger charge is 2.32. The van der Waals surface area contributed by atoms with E-state index in [1.54, 1.807) is 35.3 Å². The number of nitrogens with zero attached hydrogens (tertiary/aromatic N) is 2. The molecule has 0 aliphatic carbocycles. The van der Waals surface area contributed by atoms with Gasteiger partial charge in [-0.25, -0.2) is 21.9 Å². The summed E-state index contributed by atoms with van der Waals surface area (Å²) in [7, 11) is -4.45. The summed E-state index contributed by atoms with van der Waals surface area (Å²) in [5.41, 5.74) is 1.88. The van der Waals surface area contributed by atoms with E-state index < -0.39 is 26.6 Å². The summed E-state index contributed by atoms with van der Waals surface area (Å²) in [5, 5.41) is 7.59. The molecule has 4 rings (SSSR count). The summed E-state index contributed by atoms with van der Waals surface area (Å²) in [6, 6.07) is 14.6. The first-order valence-corrected chi connectivity index (χ1v) is 12.3. The van der Waals surface area contributed by atoms with E-state index in [9.17, 15) is 17.2 Å². The van der Waals surface area contributed by atoms with E-state index in [0.717, 1.165) is 23.8 Å². The first-order valence-electron chi connectivity index (χ1n) is 9.65. The summed E-state index contributed by atoms with van der Waals surface area (Å²) < 4.78 is 55.3. The predicted octanol–water partition coefficient (Wildman–Crippen LogP) is 6.21. The summed E-state index contributed by atoms with van der Waals surface area (Å²) in [6.07, 6.45) is 0.336. The number of halogens is 5. The lowest BCUT2D eigenvalue weighted by molar-refractivity contribution is 0.515. The second-order valence-electron chi connectivity index (χ2n) is 7.25. The van der Waals surface area contributed by atoms with Gasteiger partial charge < -0.3 is 0 Å². The Labute approximate surface area is 204 Å². The zero-order chi connectivity index (χ0) is 23.8. The average molecular weight is 531 g/mol. The smallest absolute Gasteiger partial charge is 0.246 e. The number of rotatable bonds is 6. The van der Waals surface area contributed by atoms with Gasteiger partial charge in [0, 0.05) is 16.5 Å². The summed E-state index contributed by atoms with van der Waals surface area (Å²) in [6.45, 7) is -0.248. The molecular weight excluding hydrogens is 515 g/mol. The van der Waals surface area contributed by atoms with Crippen LogP contribution in [0.25, 0.3) is 0 Å². The van der Waals surface area contributed by atoms with Gasteiger partial charge in [0.05, 0.1) is 29.0 Å². The van der Waals surface area contributed by atoms with Crippen LogP contribution in [0, 0.1) is 11.6 Å². The number of hydrogen-bond donors (Lipinski definition) is 1. The first-order chi connectivity index (χ1) is 15.7. The zero-order valence-electron chi connectivity index (χ0n) is 16.8. The summed E-state index contributed by atoms with van der Waals surface area (Å²) in [5.74, 6) is -2.35. The Morgan fingerprint density at radius 2 is 1.61 bits per heavy atom. The highest BCUT2D eigenvalue weighted by atomic mass is 35.5. The Balaban J connectivity index is 1.64. The van der Waals surface area contributed by atoms with E-state index in [1.165, 1.54) is 0 Å². The van der Waals surface area contributed by atoms with Gasteiger partial charge in [0.1, 0.15) is 11.6 Å². The van der Waals surface area contributed by atoms with E-state index in [0.29, 0.717) is 32.9 Å². The van der Waals surface area contributed by atoms with Crippen molar-refractivity contribution in [2.75, 3.05) is 11.6 Å². The number of nitrogens with one attached hydrogen (secondary N) is 1. The Morgan fingerprint density at radius 1 is 0.970 bits per heavy atom. The normalized spacial score (nSPS) is 16.2. The molecule has 0 aromatic heterocycles. The molecule has 0 saturated heterocycles. The van der Waals surface area contributed by atoms with Crippen molar-refractivity contribution in [3.63, 3.8) is 0 Å². The minimum absolute atomic E-state index is 0.248. The van der Waals surface area contributed by atoms with Crippen LogP contribution in [-0.2, 0) is 10.0 Å². The molecular formula is C22H16Cl3F2N3O2S. The lowest BCUT2D eigenvalue weighted by Crippen LogP contribution is -2.30. The fourth-order valence-corrected chi connectivity index (χ4v) is 5.27. The highest BCUT2D eigenvalue weighted by Crippen LogP contribution is 2.39. The van der Waals surface area contributed by atoms with Crippen molar-refractivity contribution < 1.29 is 17.2 Å². The fraction of sp³-hybridized carbons (Fsp3) is 0.136. The van der Waals surface area contributed by atoms with E-state index in [2.05, 4.69) is 9.82 Å². The van der Waals surface area contributed by atoms with Crippen LogP contribution in [0.4, 0.5) is 14.5 Å². The maximum atomic E-state index is 14.0. The van der Waals surface area contributed by atoms with Crippen LogP contribution in [-0.4, -0.2) is 20.7 Å². The molecule has 1 aliphatic heterocycles. The minimum atomic E-state index is -4.45. The molecule has 0 radical (unpaired) electrons. The number of sulfonamides is 1. The molecule has 0 amide bonds. The van der Waals surface area contributed by atoms with Gasteiger partial charge in [-0.2, -0.15) is 5.10 Å². The van der Waals surface area contributed by atoms with Crippen molar-refractivity contribution >= 4 is 56.2 Å². The maximum absolute atomic E-state index is 14.0. The number of hydrazone groups is 1. The van der Waals surface area contributed by atoms with E-state index in [-0.39, 0.29) is 12.6 Å². The van der Waals surface area contributed by atoms with E-state index in [4.69, 9.17) is 34.8 Å². The standard InChI is InChI=1S/C22H16Cl3F2N3O2S/c23-14-6-4-13(5-7-14)21-11-16(29-30(21)20-9-8-15(24)10-17(20)25)12-28-33(31,32)22-18(26)2-1-3-19(22)27/h1-10,21,28H,11-12H2. The van der Waals surface area contributed by atoms with Gasteiger partial charge >= 0.3 is 0 Å². The Hall–Kier alpha value is -2.23. The molecule has 1 N–H and O–H groups in total. The fourth-order valence-electron chi connectivity index (χ4n) is 3.50. The predicted molar refractivity (Wildman–Crippen MR) is 127 cm³/mol. The van der Waals surface area contributed by atoms with Crippen molar-refractivity contribution in [3.8, 4) is 0 Å². The molecule has 1 atom stereocenters. The SMILES string of the molecule is O=S(=O)(NCC1=NN(c2ccc(Cl)cc2Cl)C(c2ccc(Cl)cc2)C1)c1c(F)cccc1F. The van der Waals surface area contributed by atoms with Gasteiger partial charge in [-0.15, -0.1) is 0 Å². The molecule has 11 heteroatoms. The molecule has 0 saturated carbocycles. The van der Waals surface area contributed by atoms with Gasteiger partial charge in [-0.3, -0.25) is 5.01 Å². The number of anilines is 1. The largest absolute Gasteiger partial charge is 0.256 e. The molecule has 0 spiro atoms. The van der Waals surface area contributed by atoms with Crippen LogP contribution in [0.1, 0.15) is 18.0 Å². The van der Waals surface area contributed by atoms with E-state index >= 15 is 0 Å². The third kappa shape index (κ3) is 5.15. The number of hydrogen-bond acceptors (Lipinski definition) is 4. The lowest BCUT2D eigenvalue weighted by Gasteiger charge is -2.25. The van der Waals surface area contributed by atoms with Gasteiger partial charge in [0.2, 0.25) is 10.0 Å². The number of benzene rings is 3. The summed E-state index contributed by atoms with van der Waals surface area (Å²) >= 11 is 18.4. The molecule has 33 heavy (non-hydrogen) atoms. The molecule has 0 fully saturated rings. The third-order valence-electron chi connectivity index (χ3n) is 5.04. The topological polar surface area (TPSA) is 61.8 Å². The minimum Gasteiger partial charge on any atom is -0.256 e. The van der Waals surface area contributed by atoms with Gasteiger partial charge in [0.25, 0.3) is 0 Å². The van der Waals surface area contributed by atoms with Crippen LogP contribution in [0.5, 0.6) is 0 Å². The van der Waals surface area contributed by atoms with E-state index in [1.807, 2.05) is 12.1 Å². The molecule has 3 aromatic carbocycles. The van der Waals surface area contributed by atoms with Crippen molar-refractivity contribution in [2.24, 2.45) is 5.10 Å². The Bertz CT molecular complexity index is 1310. The quantitative estimate of drug-likeness (QED) is 0.412. The van der Waals surface area contributed by atoms with Crippen LogP contribution in [0.15, 0.2) is 70.7 Å². The molecule has 1 unspecified atom stereocenters. The first kappa shape index (κ1) is 23.9. The summed E-state index contributed by atoms with van der Waals surface area (Å²) in [4.78, 5) is -1.03. The van der Waals surface area contributed by atoms with Gasteiger partial charge in [-0.05, 0) is 48.0 Å². The van der Waals surface area contributed by atoms with Crippen LogP contribution < -0.4 is 9.73 Å². The molecule has 0 bridgehead atoms. The average Bonchev–Trinajstić information content (AvgIpc) is 3.17. The molecule has 1 aliphatic rings. The highest BCUT2D eigenvalue weighted by molar-refractivity contribution is 7.89. The van der Waals surface area contributed by atoms with Crippen molar-refractivity contribution in [3.05, 3.63) is 92.9 Å². The van der Waals surface area contributed by atoms with Crippen LogP contribution in [0.2, 0.25) is 15.1 Å². The van der Waals surface area contributed by atoms with Crippen LogP contribution >= 0.6 is 34.8 Å². The van der Waals surface area contributed by atoms with Crippen molar-refractivity contribution in [2.45, 2.75) is 17.4 Å². The zero-order valence-corrected chi connectivity index (χ0v) is 19.9. The second kappa shape index (κ2) is 9.56. The molecule has 1 heterocycles. The van der Waals surface area contributed by atoms with Gasteiger partial charge in [0.15, 0.2) is 4.90 Å². The third-order valence-corrected chi connectivity index (χ3v) is 7.28. The Morgan fingerprint density at radius 3 is 2.24 bits per heavy atom. The molecule has 5 nitrogen and oxygen atoms in total. The molecule has 3 aromatic rings.